The lowest BCUT2D eigenvalue weighted by molar-refractivity contribution is -0.145. The zero-order chi connectivity index (χ0) is 31.7. The molecule has 48 heavy (non-hydrogen) atoms. The number of halogens is 4. The van der Waals surface area contributed by atoms with Gasteiger partial charge in [0.05, 0.1) is 5.69 Å². The van der Waals surface area contributed by atoms with Crippen molar-refractivity contribution in [2.45, 2.75) is 76.9 Å². The molecule has 1 saturated heterocycles. The van der Waals surface area contributed by atoms with E-state index in [1.54, 1.807) is 6.07 Å². The highest BCUT2D eigenvalue weighted by molar-refractivity contribution is 5.87. The summed E-state index contributed by atoms with van der Waals surface area (Å²) in [7, 11) is 1.96. The van der Waals surface area contributed by atoms with Crippen molar-refractivity contribution in [1.29, 1.82) is 0 Å². The molecule has 10 heteroatoms. The van der Waals surface area contributed by atoms with E-state index in [-0.39, 0.29) is 60.9 Å². The van der Waals surface area contributed by atoms with Gasteiger partial charge in [-0.1, -0.05) is 62.4 Å². The maximum absolute atomic E-state index is 14.3. The zero-order valence-electron chi connectivity index (χ0n) is 28.3. The third-order valence-corrected chi connectivity index (χ3v) is 10.5. The minimum absolute atomic E-state index is 0. The molecule has 1 saturated carbocycles. The SMILES string of the molecule is CCn1nc(-c2ccc3ccccc3c2)cc1C1CCN(CC2CC(N(C)[C@@H](C(=O)O)C(C)C)CC2c2cccc(F)c2)CC1.Cl.Cl.Cl. The molecule has 3 aromatic carbocycles. The van der Waals surface area contributed by atoms with Gasteiger partial charge in [0.15, 0.2) is 0 Å². The number of fused-ring (bicyclic) bond motifs is 1. The summed E-state index contributed by atoms with van der Waals surface area (Å²) >= 11 is 0. The van der Waals surface area contributed by atoms with E-state index >= 15 is 0 Å². The maximum atomic E-state index is 14.3. The first-order valence-electron chi connectivity index (χ1n) is 16.7. The van der Waals surface area contributed by atoms with Crippen molar-refractivity contribution in [3.05, 3.63) is 89.9 Å². The molecule has 4 aromatic rings. The quantitative estimate of drug-likeness (QED) is 0.177. The second-order valence-electron chi connectivity index (χ2n) is 13.6. The van der Waals surface area contributed by atoms with Crippen LogP contribution in [-0.4, -0.2) is 69.4 Å². The monoisotopic (exact) mass is 718 g/mol. The van der Waals surface area contributed by atoms with Crippen LogP contribution in [0.25, 0.3) is 22.0 Å². The van der Waals surface area contributed by atoms with E-state index < -0.39 is 12.0 Å². The number of piperidine rings is 1. The molecule has 1 N–H and O–H groups in total. The Morgan fingerprint density at radius 1 is 0.958 bits per heavy atom. The van der Waals surface area contributed by atoms with Gasteiger partial charge in [0, 0.05) is 36.3 Å². The van der Waals surface area contributed by atoms with Gasteiger partial charge < -0.3 is 10.0 Å². The molecule has 1 aliphatic carbocycles. The smallest absolute Gasteiger partial charge is 0.321 e. The van der Waals surface area contributed by atoms with Crippen LogP contribution in [0.5, 0.6) is 0 Å². The lowest BCUT2D eigenvalue weighted by Gasteiger charge is -2.35. The fraction of sp³-hybridized carbons (Fsp3) is 0.474. The van der Waals surface area contributed by atoms with Gasteiger partial charge in [-0.2, -0.15) is 5.10 Å². The highest BCUT2D eigenvalue weighted by atomic mass is 35.5. The Balaban J connectivity index is 0.00000208. The van der Waals surface area contributed by atoms with Crippen molar-refractivity contribution in [2.24, 2.45) is 11.8 Å². The Labute approximate surface area is 303 Å². The fourth-order valence-electron chi connectivity index (χ4n) is 8.18. The molecule has 0 radical (unpaired) electrons. The van der Waals surface area contributed by atoms with E-state index in [9.17, 15) is 14.3 Å². The van der Waals surface area contributed by atoms with Crippen LogP contribution >= 0.6 is 37.2 Å². The Morgan fingerprint density at radius 2 is 1.67 bits per heavy atom. The molecular weight excluding hydrogens is 670 g/mol. The number of hydrogen-bond donors (Lipinski definition) is 1. The number of likely N-dealkylation sites (N-methyl/N-ethyl adjacent to an activating group) is 1. The van der Waals surface area contributed by atoms with Gasteiger partial charge in [-0.3, -0.25) is 14.4 Å². The van der Waals surface area contributed by atoms with Crippen molar-refractivity contribution in [3.8, 4) is 11.3 Å². The molecule has 1 aliphatic heterocycles. The van der Waals surface area contributed by atoms with E-state index in [4.69, 9.17) is 5.10 Å². The van der Waals surface area contributed by atoms with E-state index in [1.807, 2.05) is 33.0 Å². The fourth-order valence-corrected chi connectivity index (χ4v) is 8.18. The number of aromatic nitrogens is 2. The van der Waals surface area contributed by atoms with E-state index in [1.165, 1.54) is 22.5 Å². The summed E-state index contributed by atoms with van der Waals surface area (Å²) in [6.45, 7) is 9.96. The highest BCUT2D eigenvalue weighted by Gasteiger charge is 2.42. The van der Waals surface area contributed by atoms with Crippen LogP contribution in [0.2, 0.25) is 0 Å². The Bertz CT molecular complexity index is 1640. The average Bonchev–Trinajstić information content (AvgIpc) is 3.66. The van der Waals surface area contributed by atoms with E-state index in [0.717, 1.165) is 68.7 Å². The number of benzene rings is 3. The second-order valence-corrected chi connectivity index (χ2v) is 13.6. The molecular formula is C38H50Cl3FN4O2. The summed E-state index contributed by atoms with van der Waals surface area (Å²) in [6, 6.07) is 24.0. The third kappa shape index (κ3) is 8.54. The first kappa shape index (κ1) is 39.8. The molecule has 3 unspecified atom stereocenters. The Hall–Kier alpha value is -2.68. The normalized spacial score (nSPS) is 20.7. The summed E-state index contributed by atoms with van der Waals surface area (Å²) in [5.74, 6) is 0.0559. The molecule has 6 rings (SSSR count). The number of carboxylic acids is 1. The van der Waals surface area contributed by atoms with Crippen LogP contribution in [0.3, 0.4) is 0 Å². The van der Waals surface area contributed by atoms with Crippen molar-refractivity contribution < 1.29 is 14.3 Å². The third-order valence-electron chi connectivity index (χ3n) is 10.5. The van der Waals surface area contributed by atoms with Crippen molar-refractivity contribution in [3.63, 3.8) is 0 Å². The number of hydrogen-bond acceptors (Lipinski definition) is 4. The van der Waals surface area contributed by atoms with Gasteiger partial charge in [-0.15, -0.1) is 37.2 Å². The first-order chi connectivity index (χ1) is 21.7. The molecule has 0 bridgehead atoms. The largest absolute Gasteiger partial charge is 0.480 e. The average molecular weight is 720 g/mol. The summed E-state index contributed by atoms with van der Waals surface area (Å²) in [5.41, 5.74) is 4.57. The summed E-state index contributed by atoms with van der Waals surface area (Å²) in [6.07, 6.45) is 3.94. The topological polar surface area (TPSA) is 61.6 Å². The lowest BCUT2D eigenvalue weighted by atomic mass is 9.87. The molecule has 262 valence electrons. The molecule has 2 heterocycles. The van der Waals surface area contributed by atoms with Crippen LogP contribution in [0, 0.1) is 17.7 Å². The van der Waals surface area contributed by atoms with Gasteiger partial charge in [-0.05, 0) is 111 Å². The van der Waals surface area contributed by atoms with Crippen molar-refractivity contribution >= 4 is 54.0 Å². The molecule has 4 atom stereocenters. The van der Waals surface area contributed by atoms with Crippen molar-refractivity contribution in [2.75, 3.05) is 26.7 Å². The van der Waals surface area contributed by atoms with Gasteiger partial charge in [0.2, 0.25) is 0 Å². The van der Waals surface area contributed by atoms with Crippen LogP contribution in [0.4, 0.5) is 4.39 Å². The molecule has 2 fully saturated rings. The lowest BCUT2D eigenvalue weighted by Crippen LogP contribution is -2.47. The molecule has 1 aromatic heterocycles. The van der Waals surface area contributed by atoms with E-state index in [0.29, 0.717) is 11.8 Å². The van der Waals surface area contributed by atoms with Gasteiger partial charge >= 0.3 is 5.97 Å². The van der Waals surface area contributed by atoms with Gasteiger partial charge in [-0.25, -0.2) is 4.39 Å². The Morgan fingerprint density at radius 3 is 2.31 bits per heavy atom. The zero-order valence-corrected chi connectivity index (χ0v) is 30.7. The van der Waals surface area contributed by atoms with Crippen LogP contribution < -0.4 is 0 Å². The number of likely N-dealkylation sites (tertiary alicyclic amines) is 1. The number of carbonyl (C=O) groups is 1. The van der Waals surface area contributed by atoms with Gasteiger partial charge in [0.1, 0.15) is 11.9 Å². The molecule has 6 nitrogen and oxygen atoms in total. The van der Waals surface area contributed by atoms with Crippen LogP contribution in [0.1, 0.15) is 69.5 Å². The Kier molecular flexibility index (Phi) is 14.3. The number of aliphatic carboxylic acids is 1. The van der Waals surface area contributed by atoms with E-state index in [2.05, 4.69) is 69.9 Å². The van der Waals surface area contributed by atoms with Crippen LogP contribution in [-0.2, 0) is 11.3 Å². The molecule has 2 aliphatic rings. The first-order valence-corrected chi connectivity index (χ1v) is 16.7. The number of rotatable bonds is 10. The number of carboxylic acid groups (broad SMARTS) is 1. The van der Waals surface area contributed by atoms with Crippen molar-refractivity contribution in [1.82, 2.24) is 19.6 Å². The number of nitrogens with zero attached hydrogens (tertiary/aromatic N) is 4. The standard InChI is InChI=1S/C38H47FN4O2.3ClH/c1-5-43-36(23-35(40-43)30-14-13-26-9-6-7-10-28(26)19-30)27-15-17-42(18-16-27)24-31-21-33(41(4)37(25(2)3)38(44)45)22-34(31)29-11-8-12-32(39)20-29;;;/h6-14,19-20,23,25,27,31,33-34,37H,5,15-18,21-22,24H2,1-4H3,(H,44,45);3*1H/t31?,33?,34?,37-;;;/m1.../s1. The predicted molar refractivity (Wildman–Crippen MR) is 201 cm³/mol. The summed E-state index contributed by atoms with van der Waals surface area (Å²) in [5, 5.41) is 17.5. The highest BCUT2D eigenvalue weighted by Crippen LogP contribution is 2.44. The summed E-state index contributed by atoms with van der Waals surface area (Å²) in [4.78, 5) is 16.8. The maximum Gasteiger partial charge on any atom is 0.321 e. The predicted octanol–water partition coefficient (Wildman–Crippen LogP) is 8.91. The number of aryl methyl sites for hydroxylation is 1. The minimum Gasteiger partial charge on any atom is -0.480 e. The second kappa shape index (κ2) is 17.3. The van der Waals surface area contributed by atoms with Crippen LogP contribution in [0.15, 0.2) is 72.8 Å². The minimum atomic E-state index is -0.768. The summed E-state index contributed by atoms with van der Waals surface area (Å²) < 4.78 is 16.5. The molecule has 0 spiro atoms. The van der Waals surface area contributed by atoms with Gasteiger partial charge in [0.25, 0.3) is 0 Å². The molecule has 0 amide bonds.